The van der Waals surface area contributed by atoms with Crippen LogP contribution in [0.5, 0.6) is 0 Å². The Bertz CT molecular complexity index is 1070. The molecule has 0 heterocycles. The molecule has 4 aliphatic rings. The number of amides is 1. The summed E-state index contributed by atoms with van der Waals surface area (Å²) in [6.45, 7) is 20.2. The zero-order chi connectivity index (χ0) is 35.2. The lowest BCUT2D eigenvalue weighted by Crippen LogP contribution is -2.51. The number of allylic oxidation sites excluding steroid dienone is 1. The number of rotatable bonds is 17. The summed E-state index contributed by atoms with van der Waals surface area (Å²) in [7, 11) is 0. The minimum atomic E-state index is -0.151. The van der Waals surface area contributed by atoms with Crippen LogP contribution < -0.4 is 11.5 Å². The summed E-state index contributed by atoms with van der Waals surface area (Å²) in [5, 5.41) is 0. The largest absolute Gasteiger partial charge is 0.462 e. The van der Waals surface area contributed by atoms with Crippen molar-refractivity contribution in [1.29, 1.82) is 0 Å². The number of hydrogen-bond acceptors (Lipinski definition) is 5. The van der Waals surface area contributed by atoms with Crippen LogP contribution >= 0.6 is 0 Å². The van der Waals surface area contributed by atoms with Gasteiger partial charge in [-0.25, -0.2) is 0 Å². The van der Waals surface area contributed by atoms with Crippen molar-refractivity contribution in [1.82, 2.24) is 4.90 Å². The first-order valence-electron chi connectivity index (χ1n) is 20.4. The molecular weight excluding hydrogens is 594 g/mol. The highest BCUT2D eigenvalue weighted by atomic mass is 16.5. The van der Waals surface area contributed by atoms with Crippen molar-refractivity contribution in [3.63, 3.8) is 0 Å². The molecule has 0 bridgehead atoms. The molecule has 0 aromatic heterocycles. The molecule has 276 valence electrons. The molecule has 1 amide bonds. The third kappa shape index (κ3) is 9.28. The number of fused-ring (bicyclic) bond motifs is 5. The fourth-order valence-electron chi connectivity index (χ4n) is 11.3. The number of ether oxygens (including phenoxy) is 1. The minimum absolute atomic E-state index is 0.0268. The highest BCUT2D eigenvalue weighted by molar-refractivity contribution is 5.77. The minimum Gasteiger partial charge on any atom is -0.462 e. The van der Waals surface area contributed by atoms with Crippen molar-refractivity contribution < 1.29 is 14.3 Å². The number of carbonyl (C=O) groups is 2. The first-order chi connectivity index (χ1) is 22.7. The van der Waals surface area contributed by atoms with Gasteiger partial charge in [-0.15, -0.1) is 0 Å². The van der Waals surface area contributed by atoms with Gasteiger partial charge in [0, 0.05) is 44.4 Å². The van der Waals surface area contributed by atoms with Crippen molar-refractivity contribution in [2.45, 2.75) is 176 Å². The second-order valence-corrected chi connectivity index (χ2v) is 18.1. The van der Waals surface area contributed by atoms with Crippen LogP contribution in [0.15, 0.2) is 11.6 Å². The molecule has 4 N–H and O–H groups in total. The molecule has 3 saturated carbocycles. The molecule has 6 nitrogen and oxygen atoms in total. The quantitative estimate of drug-likeness (QED) is 0.119. The molecule has 11 atom stereocenters. The summed E-state index contributed by atoms with van der Waals surface area (Å²) in [4.78, 5) is 27.8. The van der Waals surface area contributed by atoms with Crippen molar-refractivity contribution >= 4 is 11.9 Å². The van der Waals surface area contributed by atoms with Crippen LogP contribution in [0.2, 0.25) is 0 Å². The van der Waals surface area contributed by atoms with E-state index < -0.39 is 0 Å². The van der Waals surface area contributed by atoms with E-state index >= 15 is 0 Å². The standard InChI is InChI=1S/C42H75N3O3/c1-9-32(28(2)3)14-13-29(4)36-17-18-37-35-16-15-33-27-34(19-23-41(33,7)38(35)20-24-42(36,37)8)48-40(47)12-10-11-39(46)45(25-21-30(5)43)26-22-31(6)44/h15,28-32,34-38H,9-14,16-27,43-44H2,1-8H3/t29-,30?,31?,32-,34+,35+,36-,37+,38+,41+,42-/m1/s1. The molecule has 0 aliphatic heterocycles. The SMILES string of the molecule is CC[C@H](CC[C@@H](C)[C@H]1CC[C@H]2[C@@H]3CC=C4C[C@@H](OC(=O)CCCC(=O)N(CCC(C)N)CCC(C)N)CC[C@]4(C)[C@H]3CC[C@]12C)C(C)C. The van der Waals surface area contributed by atoms with Gasteiger partial charge in [0.05, 0.1) is 0 Å². The summed E-state index contributed by atoms with van der Waals surface area (Å²) in [6.07, 6.45) is 19.2. The average molecular weight is 670 g/mol. The molecule has 0 saturated heterocycles. The van der Waals surface area contributed by atoms with Crippen LogP contribution in [-0.2, 0) is 14.3 Å². The molecule has 4 rings (SSSR count). The van der Waals surface area contributed by atoms with Gasteiger partial charge in [0.15, 0.2) is 0 Å². The van der Waals surface area contributed by atoms with Gasteiger partial charge in [-0.1, -0.05) is 66.0 Å². The number of nitrogens with two attached hydrogens (primary N) is 2. The Kier molecular flexibility index (Phi) is 14.1. The first-order valence-corrected chi connectivity index (χ1v) is 20.4. The van der Waals surface area contributed by atoms with Gasteiger partial charge < -0.3 is 21.1 Å². The lowest BCUT2D eigenvalue weighted by atomic mass is 9.47. The Hall–Kier alpha value is -1.40. The number of nitrogens with zero attached hydrogens (tertiary/aromatic N) is 1. The molecule has 2 unspecified atom stereocenters. The topological polar surface area (TPSA) is 98.7 Å². The van der Waals surface area contributed by atoms with Crippen molar-refractivity contribution in [2.75, 3.05) is 13.1 Å². The Labute approximate surface area is 295 Å². The average Bonchev–Trinajstić information content (AvgIpc) is 3.38. The molecule has 3 fully saturated rings. The second kappa shape index (κ2) is 17.2. The molecule has 0 radical (unpaired) electrons. The molecule has 48 heavy (non-hydrogen) atoms. The van der Waals surface area contributed by atoms with E-state index in [1.165, 1.54) is 51.4 Å². The van der Waals surface area contributed by atoms with Gasteiger partial charge in [0.25, 0.3) is 0 Å². The van der Waals surface area contributed by atoms with E-state index in [0.29, 0.717) is 37.8 Å². The fraction of sp³-hybridized carbons (Fsp3) is 0.905. The molecule has 4 aliphatic carbocycles. The summed E-state index contributed by atoms with van der Waals surface area (Å²) in [5.74, 6) is 5.75. The highest BCUT2D eigenvalue weighted by Crippen LogP contribution is 2.67. The third-order valence-electron chi connectivity index (χ3n) is 14.4. The molecule has 0 aromatic carbocycles. The smallest absolute Gasteiger partial charge is 0.306 e. The maximum atomic E-state index is 13.0. The summed E-state index contributed by atoms with van der Waals surface area (Å²) < 4.78 is 6.07. The van der Waals surface area contributed by atoms with E-state index in [1.54, 1.807) is 5.57 Å². The monoisotopic (exact) mass is 670 g/mol. The number of hydrogen-bond donors (Lipinski definition) is 2. The highest BCUT2D eigenvalue weighted by Gasteiger charge is 2.59. The second-order valence-electron chi connectivity index (χ2n) is 18.1. The molecule has 6 heteroatoms. The van der Waals surface area contributed by atoms with Crippen molar-refractivity contribution in [3.8, 4) is 0 Å². The zero-order valence-corrected chi connectivity index (χ0v) is 32.4. The van der Waals surface area contributed by atoms with Crippen molar-refractivity contribution in [3.05, 3.63) is 11.6 Å². The van der Waals surface area contributed by atoms with E-state index in [1.807, 2.05) is 18.7 Å². The predicted molar refractivity (Wildman–Crippen MR) is 199 cm³/mol. The van der Waals surface area contributed by atoms with Gasteiger partial charge in [0.2, 0.25) is 5.91 Å². The third-order valence-corrected chi connectivity index (χ3v) is 14.4. The lowest BCUT2D eigenvalue weighted by molar-refractivity contribution is -0.151. The van der Waals surface area contributed by atoms with Gasteiger partial charge in [-0.2, -0.15) is 0 Å². The van der Waals surface area contributed by atoms with E-state index in [2.05, 4.69) is 47.6 Å². The fourth-order valence-corrected chi connectivity index (χ4v) is 11.3. The predicted octanol–water partition coefficient (Wildman–Crippen LogP) is 9.05. The number of esters is 1. The normalized spacial score (nSPS) is 33.9. The maximum absolute atomic E-state index is 13.0. The van der Waals surface area contributed by atoms with E-state index in [4.69, 9.17) is 16.2 Å². The van der Waals surface area contributed by atoms with Gasteiger partial charge >= 0.3 is 5.97 Å². The van der Waals surface area contributed by atoms with Gasteiger partial charge in [0.1, 0.15) is 6.10 Å². The van der Waals surface area contributed by atoms with Crippen LogP contribution in [0.1, 0.15) is 158 Å². The Morgan fingerprint density at radius 1 is 0.896 bits per heavy atom. The van der Waals surface area contributed by atoms with Crippen LogP contribution in [0.4, 0.5) is 0 Å². The van der Waals surface area contributed by atoms with E-state index in [9.17, 15) is 9.59 Å². The zero-order valence-electron chi connectivity index (χ0n) is 32.4. The maximum Gasteiger partial charge on any atom is 0.306 e. The van der Waals surface area contributed by atoms with Gasteiger partial charge in [-0.3, -0.25) is 9.59 Å². The summed E-state index contributed by atoms with van der Waals surface area (Å²) in [5.41, 5.74) is 14.2. The summed E-state index contributed by atoms with van der Waals surface area (Å²) >= 11 is 0. The van der Waals surface area contributed by atoms with Crippen molar-refractivity contribution in [2.24, 2.45) is 63.7 Å². The van der Waals surface area contributed by atoms with E-state index in [0.717, 1.165) is 73.5 Å². The van der Waals surface area contributed by atoms with Gasteiger partial charge in [-0.05, 0) is 137 Å². The first kappa shape index (κ1) is 39.4. The Morgan fingerprint density at radius 2 is 1.58 bits per heavy atom. The number of carbonyl (C=O) groups excluding carboxylic acids is 2. The Balaban J connectivity index is 1.28. The van der Waals surface area contributed by atoms with Crippen LogP contribution in [0.25, 0.3) is 0 Å². The molecular formula is C42H75N3O3. The summed E-state index contributed by atoms with van der Waals surface area (Å²) in [6, 6.07) is 0.0989. The lowest BCUT2D eigenvalue weighted by Gasteiger charge is -2.58. The Morgan fingerprint density at radius 3 is 2.21 bits per heavy atom. The van der Waals surface area contributed by atoms with Crippen LogP contribution in [0, 0.1) is 52.3 Å². The van der Waals surface area contributed by atoms with Crippen LogP contribution in [0.3, 0.4) is 0 Å². The molecule has 0 aromatic rings. The molecule has 0 spiro atoms. The van der Waals surface area contributed by atoms with Crippen LogP contribution in [-0.4, -0.2) is 48.1 Å². The van der Waals surface area contributed by atoms with E-state index in [-0.39, 0.29) is 35.5 Å².